The first kappa shape index (κ1) is 11.2. The minimum Gasteiger partial charge on any atom is -0.344 e. The molecule has 86 valence electrons. The molecule has 0 aliphatic rings. The lowest BCUT2D eigenvalue weighted by molar-refractivity contribution is 0.619. The Kier molecular flexibility index (Phi) is 3.01. The fourth-order valence-electron chi connectivity index (χ4n) is 2.30. The van der Waals surface area contributed by atoms with Crippen molar-refractivity contribution in [3.05, 3.63) is 35.5 Å². The normalized spacial score (nSPS) is 11.6. The predicted octanol–water partition coefficient (Wildman–Crippen LogP) is 3.25. The van der Waals surface area contributed by atoms with Crippen LogP contribution in [0, 0.1) is 6.92 Å². The monoisotopic (exact) mass is 216 g/mol. The minimum absolute atomic E-state index is 0.509. The van der Waals surface area contributed by atoms with Gasteiger partial charge in [0.25, 0.3) is 0 Å². The summed E-state index contributed by atoms with van der Waals surface area (Å²) in [4.78, 5) is 0. The average Bonchev–Trinajstić information content (AvgIpc) is 2.58. The maximum atomic E-state index is 3.24. The second kappa shape index (κ2) is 4.30. The van der Waals surface area contributed by atoms with Crippen LogP contribution in [0.5, 0.6) is 0 Å². The molecule has 0 aliphatic carbocycles. The molecule has 2 aromatic rings. The van der Waals surface area contributed by atoms with E-state index in [2.05, 4.69) is 55.1 Å². The van der Waals surface area contributed by atoms with E-state index in [9.17, 15) is 0 Å². The Morgan fingerprint density at radius 3 is 2.69 bits per heavy atom. The summed E-state index contributed by atoms with van der Waals surface area (Å²) in [6, 6.07) is 7.07. The first-order valence-corrected chi connectivity index (χ1v) is 5.88. The third kappa shape index (κ3) is 1.74. The lowest BCUT2D eigenvalue weighted by Gasteiger charge is -2.12. The summed E-state index contributed by atoms with van der Waals surface area (Å²) >= 11 is 0. The van der Waals surface area contributed by atoms with Gasteiger partial charge in [-0.3, -0.25) is 0 Å². The number of benzene rings is 1. The number of fused-ring (bicyclic) bond motifs is 1. The van der Waals surface area contributed by atoms with Crippen molar-refractivity contribution in [2.75, 3.05) is 7.05 Å². The van der Waals surface area contributed by atoms with Crippen LogP contribution >= 0.6 is 0 Å². The van der Waals surface area contributed by atoms with Gasteiger partial charge in [-0.25, -0.2) is 0 Å². The van der Waals surface area contributed by atoms with E-state index >= 15 is 0 Å². The average molecular weight is 216 g/mol. The second-order valence-corrected chi connectivity index (χ2v) is 4.66. The Morgan fingerprint density at radius 1 is 1.31 bits per heavy atom. The molecule has 2 rings (SSSR count). The third-order valence-corrected chi connectivity index (χ3v) is 3.06. The minimum atomic E-state index is 0.509. The van der Waals surface area contributed by atoms with Crippen molar-refractivity contribution in [1.29, 1.82) is 0 Å². The van der Waals surface area contributed by atoms with Gasteiger partial charge in [-0.1, -0.05) is 18.2 Å². The maximum Gasteiger partial charge on any atom is 0.0531 e. The van der Waals surface area contributed by atoms with Crippen LogP contribution in [0.3, 0.4) is 0 Å². The van der Waals surface area contributed by atoms with Crippen molar-refractivity contribution in [1.82, 2.24) is 9.88 Å². The van der Waals surface area contributed by atoms with Crippen LogP contribution in [-0.2, 0) is 6.54 Å². The van der Waals surface area contributed by atoms with Gasteiger partial charge >= 0.3 is 0 Å². The largest absolute Gasteiger partial charge is 0.344 e. The molecule has 1 aromatic heterocycles. The van der Waals surface area contributed by atoms with Crippen LogP contribution in [0.4, 0.5) is 0 Å². The molecule has 0 aliphatic heterocycles. The highest BCUT2D eigenvalue weighted by Gasteiger charge is 2.10. The molecular formula is C14H20N2. The van der Waals surface area contributed by atoms with E-state index in [0.717, 1.165) is 6.54 Å². The quantitative estimate of drug-likeness (QED) is 0.833. The first-order valence-electron chi connectivity index (χ1n) is 5.88. The number of aryl methyl sites for hydroxylation is 1. The number of nitrogens with zero attached hydrogens (tertiary/aromatic N) is 1. The molecule has 16 heavy (non-hydrogen) atoms. The molecular weight excluding hydrogens is 196 g/mol. The molecule has 0 spiro atoms. The summed E-state index contributed by atoms with van der Waals surface area (Å²) in [6.45, 7) is 7.57. The molecule has 0 saturated carbocycles. The fourth-order valence-corrected chi connectivity index (χ4v) is 2.30. The number of hydrogen-bond acceptors (Lipinski definition) is 1. The zero-order valence-corrected chi connectivity index (χ0v) is 10.5. The summed E-state index contributed by atoms with van der Waals surface area (Å²) in [5, 5.41) is 4.61. The zero-order chi connectivity index (χ0) is 11.7. The Balaban J connectivity index is 2.72. The summed E-state index contributed by atoms with van der Waals surface area (Å²) in [5.41, 5.74) is 4.12. The van der Waals surface area contributed by atoms with E-state index < -0.39 is 0 Å². The van der Waals surface area contributed by atoms with Crippen LogP contribution < -0.4 is 5.32 Å². The van der Waals surface area contributed by atoms with Gasteiger partial charge in [-0.2, -0.15) is 0 Å². The molecule has 2 nitrogen and oxygen atoms in total. The maximum absolute atomic E-state index is 3.24. The number of nitrogens with one attached hydrogen (secondary N) is 1. The molecule has 0 fully saturated rings. The number of aromatic nitrogens is 1. The van der Waals surface area contributed by atoms with Gasteiger partial charge in [0.05, 0.1) is 5.52 Å². The van der Waals surface area contributed by atoms with E-state index in [1.54, 1.807) is 0 Å². The van der Waals surface area contributed by atoms with Gasteiger partial charge in [0, 0.05) is 24.2 Å². The second-order valence-electron chi connectivity index (χ2n) is 4.66. The summed E-state index contributed by atoms with van der Waals surface area (Å²) in [7, 11) is 1.99. The Hall–Kier alpha value is -1.28. The first-order chi connectivity index (χ1) is 7.65. The number of para-hydroxylation sites is 1. The fraction of sp³-hybridized carbons (Fsp3) is 0.429. The molecule has 0 unspecified atom stereocenters. The van der Waals surface area contributed by atoms with Crippen molar-refractivity contribution in [2.24, 2.45) is 0 Å². The van der Waals surface area contributed by atoms with Crippen LogP contribution in [0.2, 0.25) is 0 Å². The summed E-state index contributed by atoms with van der Waals surface area (Å²) in [6.07, 6.45) is 2.26. The lowest BCUT2D eigenvalue weighted by Crippen LogP contribution is -2.08. The van der Waals surface area contributed by atoms with Crippen LogP contribution in [0.15, 0.2) is 24.4 Å². The Bertz CT molecular complexity index is 495. The molecule has 1 N–H and O–H groups in total. The summed E-state index contributed by atoms with van der Waals surface area (Å²) in [5.74, 6) is 0. The third-order valence-electron chi connectivity index (χ3n) is 3.06. The van der Waals surface area contributed by atoms with Crippen LogP contribution in [0.25, 0.3) is 10.9 Å². The van der Waals surface area contributed by atoms with E-state index in [1.807, 2.05) is 7.05 Å². The van der Waals surface area contributed by atoms with Gasteiger partial charge in [0.15, 0.2) is 0 Å². The van der Waals surface area contributed by atoms with Crippen molar-refractivity contribution in [3.63, 3.8) is 0 Å². The number of rotatable bonds is 3. The van der Waals surface area contributed by atoms with Crippen molar-refractivity contribution in [3.8, 4) is 0 Å². The molecule has 0 bridgehead atoms. The SMILES string of the molecule is CNCc1cccc2c(C)cn(C(C)C)c12. The smallest absolute Gasteiger partial charge is 0.0531 e. The molecule has 1 aromatic carbocycles. The molecule has 2 heteroatoms. The van der Waals surface area contributed by atoms with E-state index in [0.29, 0.717) is 6.04 Å². The molecule has 0 atom stereocenters. The van der Waals surface area contributed by atoms with Crippen molar-refractivity contribution < 1.29 is 0 Å². The topological polar surface area (TPSA) is 17.0 Å². The highest BCUT2D eigenvalue weighted by molar-refractivity contribution is 5.86. The highest BCUT2D eigenvalue weighted by Crippen LogP contribution is 2.27. The van der Waals surface area contributed by atoms with Gasteiger partial charge < -0.3 is 9.88 Å². The van der Waals surface area contributed by atoms with Crippen LogP contribution in [-0.4, -0.2) is 11.6 Å². The van der Waals surface area contributed by atoms with E-state index in [-0.39, 0.29) is 0 Å². The zero-order valence-electron chi connectivity index (χ0n) is 10.5. The van der Waals surface area contributed by atoms with Gasteiger partial charge in [-0.15, -0.1) is 0 Å². The van der Waals surface area contributed by atoms with Crippen LogP contribution in [0.1, 0.15) is 31.0 Å². The van der Waals surface area contributed by atoms with Crippen molar-refractivity contribution in [2.45, 2.75) is 33.4 Å². The summed E-state index contributed by atoms with van der Waals surface area (Å²) < 4.78 is 2.37. The standard InChI is InChI=1S/C14H20N2/c1-10(2)16-9-11(3)13-7-5-6-12(8-15-4)14(13)16/h5-7,9-10,15H,8H2,1-4H3. The Morgan fingerprint density at radius 2 is 2.06 bits per heavy atom. The predicted molar refractivity (Wildman–Crippen MR) is 69.8 cm³/mol. The van der Waals surface area contributed by atoms with Crippen molar-refractivity contribution >= 4 is 10.9 Å². The molecule has 0 amide bonds. The lowest BCUT2D eigenvalue weighted by atomic mass is 10.1. The Labute approximate surface area is 97.3 Å². The molecule has 1 heterocycles. The van der Waals surface area contributed by atoms with E-state index in [1.165, 1.54) is 22.0 Å². The van der Waals surface area contributed by atoms with Gasteiger partial charge in [-0.05, 0) is 38.9 Å². The molecule has 0 radical (unpaired) electrons. The van der Waals surface area contributed by atoms with Gasteiger partial charge in [0.1, 0.15) is 0 Å². The molecule has 0 saturated heterocycles. The van der Waals surface area contributed by atoms with E-state index in [4.69, 9.17) is 0 Å². The highest BCUT2D eigenvalue weighted by atomic mass is 15.0. The number of hydrogen-bond donors (Lipinski definition) is 1. The van der Waals surface area contributed by atoms with Gasteiger partial charge in [0.2, 0.25) is 0 Å².